The van der Waals surface area contributed by atoms with Crippen molar-refractivity contribution in [3.8, 4) is 5.75 Å². The monoisotopic (exact) mass is 566 g/mol. The highest BCUT2D eigenvalue weighted by atomic mass is 31.2. The van der Waals surface area contributed by atoms with Gasteiger partial charge in [-0.3, -0.25) is 23.7 Å². The van der Waals surface area contributed by atoms with Gasteiger partial charge in [0.25, 0.3) is 5.56 Å². The molecule has 1 aliphatic carbocycles. The second-order valence-corrected chi connectivity index (χ2v) is 12.2. The van der Waals surface area contributed by atoms with Gasteiger partial charge in [0.05, 0.1) is 12.1 Å². The summed E-state index contributed by atoms with van der Waals surface area (Å²) in [6.45, 7) is 4.36. The zero-order valence-electron chi connectivity index (χ0n) is 22.1. The van der Waals surface area contributed by atoms with Crippen LogP contribution in [0.3, 0.4) is 0 Å². The van der Waals surface area contributed by atoms with E-state index in [2.05, 4.69) is 10.1 Å². The predicted octanol–water partition coefficient (Wildman–Crippen LogP) is 1.57. The first-order valence-electron chi connectivity index (χ1n) is 12.8. The van der Waals surface area contributed by atoms with Gasteiger partial charge in [-0.2, -0.15) is 5.09 Å². The number of carbonyl (C=O) groups excluding carboxylic acids is 1. The zero-order valence-corrected chi connectivity index (χ0v) is 23.0. The third-order valence-electron chi connectivity index (χ3n) is 7.02. The van der Waals surface area contributed by atoms with E-state index in [1.807, 2.05) is 6.92 Å². The van der Waals surface area contributed by atoms with Gasteiger partial charge in [-0.25, -0.2) is 9.36 Å². The standard InChI is InChI=1S/C25H35N4O9P/c1-16(21(32)37-24(2)12-7-8-13-24)28-39(34,38-17-9-5-4-6-10-17)35-15-18-20(31)25(3,26)22(36-18)29-14-11-19(30)27-23(29)33/h4-6,9-11,14,16,18,20,22,31H,7-8,12-13,15,26H2,1-3H3,(H,28,34)(H,27,30,33)/t16-,18+,20+,22+,25+,39?/m0/s1. The van der Waals surface area contributed by atoms with Crippen LogP contribution in [0.25, 0.3) is 0 Å². The van der Waals surface area contributed by atoms with Gasteiger partial charge in [0.15, 0.2) is 6.23 Å². The topological polar surface area (TPSA) is 184 Å². The summed E-state index contributed by atoms with van der Waals surface area (Å²) in [5, 5.41) is 13.5. The zero-order chi connectivity index (χ0) is 28.4. The molecule has 214 valence electrons. The second kappa shape index (κ2) is 11.4. The van der Waals surface area contributed by atoms with E-state index in [0.29, 0.717) is 0 Å². The highest BCUT2D eigenvalue weighted by Crippen LogP contribution is 2.46. The third kappa shape index (κ3) is 6.68. The Bertz CT molecular complexity index is 1320. The summed E-state index contributed by atoms with van der Waals surface area (Å²) >= 11 is 0. The Labute approximate surface area is 225 Å². The van der Waals surface area contributed by atoms with Crippen molar-refractivity contribution in [2.45, 2.75) is 82.1 Å². The number of para-hydroxylation sites is 1. The Morgan fingerprint density at radius 3 is 2.56 bits per heavy atom. The minimum absolute atomic E-state index is 0.214. The van der Waals surface area contributed by atoms with Crippen molar-refractivity contribution in [2.24, 2.45) is 5.73 Å². The van der Waals surface area contributed by atoms with Crippen molar-refractivity contribution in [1.82, 2.24) is 14.6 Å². The van der Waals surface area contributed by atoms with Gasteiger partial charge in [-0.1, -0.05) is 18.2 Å². The van der Waals surface area contributed by atoms with Crippen LogP contribution >= 0.6 is 7.75 Å². The summed E-state index contributed by atoms with van der Waals surface area (Å²) in [6, 6.07) is 8.29. The van der Waals surface area contributed by atoms with E-state index in [4.69, 9.17) is 24.3 Å². The Morgan fingerprint density at radius 1 is 1.26 bits per heavy atom. The molecule has 14 heteroatoms. The van der Waals surface area contributed by atoms with Crippen molar-refractivity contribution in [3.05, 3.63) is 63.4 Å². The molecule has 0 bridgehead atoms. The number of hydrogen-bond donors (Lipinski definition) is 4. The first kappa shape index (κ1) is 29.2. The molecule has 6 atom stereocenters. The quantitative estimate of drug-likeness (QED) is 0.242. The maximum atomic E-state index is 13.9. The van der Waals surface area contributed by atoms with Gasteiger partial charge >= 0.3 is 19.4 Å². The number of nitrogens with zero attached hydrogens (tertiary/aromatic N) is 1. The number of aromatic nitrogens is 2. The van der Waals surface area contributed by atoms with Gasteiger partial charge in [-0.05, 0) is 58.6 Å². The first-order chi connectivity index (χ1) is 18.3. The number of benzene rings is 1. The minimum atomic E-state index is -4.25. The van der Waals surface area contributed by atoms with E-state index in [-0.39, 0.29) is 5.75 Å². The molecule has 1 unspecified atom stereocenters. The number of aliphatic hydroxyl groups excluding tert-OH is 1. The number of nitrogens with two attached hydrogens (primary N) is 1. The molecule has 1 aliphatic heterocycles. The van der Waals surface area contributed by atoms with Crippen LogP contribution in [0, 0.1) is 0 Å². The number of aliphatic hydroxyl groups is 1. The van der Waals surface area contributed by atoms with E-state index in [1.54, 1.807) is 30.3 Å². The molecule has 0 spiro atoms. The smallest absolute Gasteiger partial charge is 0.458 e. The molecule has 0 radical (unpaired) electrons. The maximum Gasteiger partial charge on any atom is 0.459 e. The lowest BCUT2D eigenvalue weighted by Gasteiger charge is -2.29. The van der Waals surface area contributed by atoms with Gasteiger partial charge in [0.2, 0.25) is 0 Å². The van der Waals surface area contributed by atoms with Crippen LogP contribution in [0.2, 0.25) is 0 Å². The highest BCUT2D eigenvalue weighted by Gasteiger charge is 2.52. The van der Waals surface area contributed by atoms with Gasteiger partial charge in [0.1, 0.15) is 29.6 Å². The van der Waals surface area contributed by atoms with Crippen molar-refractivity contribution >= 4 is 13.7 Å². The highest BCUT2D eigenvalue weighted by molar-refractivity contribution is 7.52. The lowest BCUT2D eigenvalue weighted by Crippen LogP contribution is -2.53. The molecule has 1 aromatic heterocycles. The summed E-state index contributed by atoms with van der Waals surface area (Å²) < 4.78 is 37.8. The lowest BCUT2D eigenvalue weighted by molar-refractivity contribution is -0.159. The van der Waals surface area contributed by atoms with Crippen LogP contribution < -0.4 is 26.6 Å². The molecule has 2 aliphatic rings. The first-order valence-corrected chi connectivity index (χ1v) is 14.3. The van der Waals surface area contributed by atoms with E-state index >= 15 is 0 Å². The van der Waals surface area contributed by atoms with Crippen molar-refractivity contribution in [2.75, 3.05) is 6.61 Å². The fourth-order valence-electron chi connectivity index (χ4n) is 4.77. The number of aromatic amines is 1. The van der Waals surface area contributed by atoms with Gasteiger partial charge < -0.3 is 24.8 Å². The van der Waals surface area contributed by atoms with E-state index in [1.165, 1.54) is 20.0 Å². The summed E-state index contributed by atoms with van der Waals surface area (Å²) in [6.07, 6.45) is 0.933. The number of carbonyl (C=O) groups is 1. The Balaban J connectivity index is 1.50. The van der Waals surface area contributed by atoms with Crippen molar-refractivity contribution in [1.29, 1.82) is 0 Å². The third-order valence-corrected chi connectivity index (χ3v) is 8.66. The fourth-order valence-corrected chi connectivity index (χ4v) is 6.27. The minimum Gasteiger partial charge on any atom is -0.458 e. The molecule has 2 heterocycles. The molecule has 1 saturated carbocycles. The van der Waals surface area contributed by atoms with E-state index in [0.717, 1.165) is 36.3 Å². The largest absolute Gasteiger partial charge is 0.459 e. The van der Waals surface area contributed by atoms with Crippen LogP contribution in [-0.4, -0.2) is 56.6 Å². The maximum absolute atomic E-state index is 13.9. The molecule has 0 amide bonds. The Kier molecular flexibility index (Phi) is 8.50. The number of rotatable bonds is 10. The SMILES string of the molecule is C[C@H](NP(=O)(OC[C@H]1O[C@@H](n2ccc(=O)[nH]c2=O)[C@](C)(N)[C@@H]1O)Oc1ccccc1)C(=O)OC1(C)CCCC1. The predicted molar refractivity (Wildman–Crippen MR) is 140 cm³/mol. The number of esters is 1. The average Bonchev–Trinajstić information content (AvgIpc) is 3.39. The fraction of sp³-hybridized carbons (Fsp3) is 0.560. The van der Waals surface area contributed by atoms with E-state index < -0.39 is 67.2 Å². The normalized spacial score (nSPS) is 28.5. The molecule has 1 aromatic carbocycles. The molecular weight excluding hydrogens is 531 g/mol. The summed E-state index contributed by atoms with van der Waals surface area (Å²) in [5.41, 5.74) is 2.86. The Morgan fingerprint density at radius 2 is 1.92 bits per heavy atom. The molecule has 4 rings (SSSR count). The molecule has 39 heavy (non-hydrogen) atoms. The molecule has 1 saturated heterocycles. The average molecular weight is 567 g/mol. The Hall–Kier alpha value is -2.80. The van der Waals surface area contributed by atoms with Crippen LogP contribution in [-0.2, 0) is 23.4 Å². The van der Waals surface area contributed by atoms with Crippen LogP contribution in [0.15, 0.2) is 52.2 Å². The summed E-state index contributed by atoms with van der Waals surface area (Å²) in [5.74, 6) is -0.394. The molecule has 2 fully saturated rings. The summed E-state index contributed by atoms with van der Waals surface area (Å²) in [4.78, 5) is 38.7. The number of hydrogen-bond acceptors (Lipinski definition) is 10. The van der Waals surface area contributed by atoms with Crippen molar-refractivity contribution in [3.63, 3.8) is 0 Å². The van der Waals surface area contributed by atoms with E-state index in [9.17, 15) is 24.1 Å². The van der Waals surface area contributed by atoms with Crippen LogP contribution in [0.5, 0.6) is 5.75 Å². The number of nitrogens with one attached hydrogen (secondary N) is 2. The molecule has 5 N–H and O–H groups in total. The molecule has 13 nitrogen and oxygen atoms in total. The van der Waals surface area contributed by atoms with Crippen molar-refractivity contribution < 1.29 is 33.0 Å². The number of H-pyrrole nitrogens is 1. The summed E-state index contributed by atoms with van der Waals surface area (Å²) in [7, 11) is -4.25. The molecule has 2 aromatic rings. The van der Waals surface area contributed by atoms with Crippen LogP contribution in [0.1, 0.15) is 52.7 Å². The van der Waals surface area contributed by atoms with Gasteiger partial charge in [-0.15, -0.1) is 0 Å². The van der Waals surface area contributed by atoms with Crippen LogP contribution in [0.4, 0.5) is 0 Å². The lowest BCUT2D eigenvalue weighted by atomic mass is 9.93. The molecular formula is C25H35N4O9P. The second-order valence-electron chi connectivity index (χ2n) is 10.5. The number of ether oxygens (including phenoxy) is 2. The van der Waals surface area contributed by atoms with Gasteiger partial charge in [0, 0.05) is 12.3 Å².